The van der Waals surface area contributed by atoms with Gasteiger partial charge in [0.25, 0.3) is 0 Å². The van der Waals surface area contributed by atoms with E-state index in [9.17, 15) is 14.0 Å². The summed E-state index contributed by atoms with van der Waals surface area (Å²) in [7, 11) is 0. The Morgan fingerprint density at radius 3 is 2.45 bits per heavy atom. The summed E-state index contributed by atoms with van der Waals surface area (Å²) in [6, 6.07) is 28.9. The van der Waals surface area contributed by atoms with Gasteiger partial charge in [-0.05, 0) is 48.0 Å². The predicted octanol–water partition coefficient (Wildman–Crippen LogP) is 5.14. The van der Waals surface area contributed by atoms with E-state index in [1.807, 2.05) is 78.9 Å². The summed E-state index contributed by atoms with van der Waals surface area (Å²) in [6.07, 6.45) is 1.74. The van der Waals surface area contributed by atoms with E-state index >= 15 is 0 Å². The van der Waals surface area contributed by atoms with E-state index in [1.165, 1.54) is 33.8 Å². The first-order chi connectivity index (χ1) is 19.6. The topological polar surface area (TPSA) is 95.9 Å². The number of nitrogens with one attached hydrogen (secondary N) is 2. The molecule has 0 saturated carbocycles. The van der Waals surface area contributed by atoms with Crippen LogP contribution in [0, 0.1) is 5.82 Å². The van der Waals surface area contributed by atoms with Crippen LogP contribution in [0.5, 0.6) is 0 Å². The molecule has 2 amide bonds. The number of aromatic nitrogens is 4. The molecule has 0 bridgehead atoms. The van der Waals surface area contributed by atoms with Crippen LogP contribution in [0.2, 0.25) is 0 Å². The lowest BCUT2D eigenvalue weighted by molar-refractivity contribution is -0.127. The summed E-state index contributed by atoms with van der Waals surface area (Å²) in [4.78, 5) is 32.8. The molecule has 0 fully saturated rings. The van der Waals surface area contributed by atoms with Crippen molar-refractivity contribution >= 4 is 39.4 Å². The number of halogens is 1. The standard InChI is InChI=1S/C31H25FN6O2/c32-22-14-16-23(17-15-22)38(29(39)20-37-28-13-7-6-12-27(28)35-36-37)30(25-19-33-26-11-5-4-10-24(25)26)31(40)34-18-21-8-2-1-3-9-21/h1-17,19,30,33H,18,20H2,(H,34,40). The predicted molar refractivity (Wildman–Crippen MR) is 151 cm³/mol. The monoisotopic (exact) mass is 532 g/mol. The Morgan fingerprint density at radius 2 is 1.62 bits per heavy atom. The van der Waals surface area contributed by atoms with Crippen molar-refractivity contribution < 1.29 is 14.0 Å². The van der Waals surface area contributed by atoms with Crippen LogP contribution in [-0.4, -0.2) is 31.8 Å². The van der Waals surface area contributed by atoms with Crippen LogP contribution < -0.4 is 10.2 Å². The van der Waals surface area contributed by atoms with E-state index in [1.54, 1.807) is 6.20 Å². The summed E-state index contributed by atoms with van der Waals surface area (Å²) in [5, 5.41) is 12.1. The molecule has 198 valence electrons. The lowest BCUT2D eigenvalue weighted by atomic mass is 10.0. The molecular weight excluding hydrogens is 507 g/mol. The molecule has 6 aromatic rings. The van der Waals surface area contributed by atoms with Crippen LogP contribution in [0.3, 0.4) is 0 Å². The van der Waals surface area contributed by atoms with Crippen LogP contribution in [0.1, 0.15) is 17.2 Å². The van der Waals surface area contributed by atoms with Gasteiger partial charge in [0.1, 0.15) is 23.9 Å². The van der Waals surface area contributed by atoms with Gasteiger partial charge in [-0.25, -0.2) is 9.07 Å². The molecule has 2 heterocycles. The normalized spacial score (nSPS) is 11.9. The minimum Gasteiger partial charge on any atom is -0.361 e. The summed E-state index contributed by atoms with van der Waals surface area (Å²) in [6.45, 7) is 0.0976. The number of para-hydroxylation sites is 2. The van der Waals surface area contributed by atoms with Gasteiger partial charge in [-0.1, -0.05) is 65.9 Å². The molecule has 0 radical (unpaired) electrons. The maximum Gasteiger partial charge on any atom is 0.249 e. The first-order valence-electron chi connectivity index (χ1n) is 12.8. The average molecular weight is 533 g/mol. The van der Waals surface area contributed by atoms with Gasteiger partial charge in [0.2, 0.25) is 11.8 Å². The highest BCUT2D eigenvalue weighted by molar-refractivity contribution is 6.03. The van der Waals surface area contributed by atoms with E-state index < -0.39 is 17.8 Å². The number of rotatable bonds is 8. The zero-order chi connectivity index (χ0) is 27.5. The number of nitrogens with zero attached hydrogens (tertiary/aromatic N) is 4. The summed E-state index contributed by atoms with van der Waals surface area (Å²) in [5.74, 6) is -1.24. The number of H-pyrrole nitrogens is 1. The average Bonchev–Trinajstić information content (AvgIpc) is 3.60. The summed E-state index contributed by atoms with van der Waals surface area (Å²) >= 11 is 0. The fourth-order valence-corrected chi connectivity index (χ4v) is 4.88. The number of hydrogen-bond acceptors (Lipinski definition) is 4. The number of anilines is 1. The maximum atomic E-state index is 14.1. The van der Waals surface area contributed by atoms with Crippen molar-refractivity contribution in [3.8, 4) is 0 Å². The van der Waals surface area contributed by atoms with Crippen LogP contribution >= 0.6 is 0 Å². The van der Waals surface area contributed by atoms with Gasteiger partial charge in [0, 0.05) is 34.9 Å². The van der Waals surface area contributed by atoms with Crippen molar-refractivity contribution in [1.29, 1.82) is 0 Å². The number of carbonyl (C=O) groups is 2. The van der Waals surface area contributed by atoms with E-state index in [0.717, 1.165) is 16.5 Å². The molecule has 1 unspecified atom stereocenters. The molecule has 0 aliphatic carbocycles. The van der Waals surface area contributed by atoms with Crippen LogP contribution in [0.25, 0.3) is 21.9 Å². The molecule has 0 aliphatic rings. The van der Waals surface area contributed by atoms with Crippen molar-refractivity contribution in [2.45, 2.75) is 19.1 Å². The van der Waals surface area contributed by atoms with Gasteiger partial charge >= 0.3 is 0 Å². The minimum atomic E-state index is -1.06. The quantitative estimate of drug-likeness (QED) is 0.284. The van der Waals surface area contributed by atoms with E-state index in [-0.39, 0.29) is 19.0 Å². The number of hydrogen-bond donors (Lipinski definition) is 2. The number of fused-ring (bicyclic) bond motifs is 2. The number of benzene rings is 4. The highest BCUT2D eigenvalue weighted by Gasteiger charge is 2.35. The highest BCUT2D eigenvalue weighted by atomic mass is 19.1. The fourth-order valence-electron chi connectivity index (χ4n) is 4.88. The summed E-state index contributed by atoms with van der Waals surface area (Å²) < 4.78 is 15.5. The molecule has 4 aromatic carbocycles. The van der Waals surface area contributed by atoms with Crippen LogP contribution in [-0.2, 0) is 22.7 Å². The first kappa shape index (κ1) is 25.0. The minimum absolute atomic E-state index is 0.178. The second-order valence-corrected chi connectivity index (χ2v) is 9.37. The number of amides is 2. The molecule has 2 N–H and O–H groups in total. The van der Waals surface area contributed by atoms with Gasteiger partial charge in [-0.15, -0.1) is 5.10 Å². The molecule has 8 nitrogen and oxygen atoms in total. The molecule has 40 heavy (non-hydrogen) atoms. The second kappa shape index (κ2) is 10.8. The smallest absolute Gasteiger partial charge is 0.249 e. The lowest BCUT2D eigenvalue weighted by Crippen LogP contribution is -2.45. The lowest BCUT2D eigenvalue weighted by Gasteiger charge is -2.31. The molecule has 1 atom stereocenters. The Bertz CT molecular complexity index is 1800. The second-order valence-electron chi connectivity index (χ2n) is 9.37. The molecule has 0 spiro atoms. The summed E-state index contributed by atoms with van der Waals surface area (Å²) in [5.41, 5.74) is 4.07. The first-order valence-corrected chi connectivity index (χ1v) is 12.8. The molecule has 0 aliphatic heterocycles. The van der Waals surface area contributed by atoms with Gasteiger partial charge in [0.05, 0.1) is 5.52 Å². The van der Waals surface area contributed by atoms with Gasteiger partial charge in [0.15, 0.2) is 0 Å². The molecule has 9 heteroatoms. The molecule has 6 rings (SSSR count). The fraction of sp³-hybridized carbons (Fsp3) is 0.0968. The molecule has 0 saturated heterocycles. The van der Waals surface area contributed by atoms with E-state index in [4.69, 9.17) is 0 Å². The number of carbonyl (C=O) groups excluding carboxylic acids is 2. The molecular formula is C31H25FN6O2. The van der Waals surface area contributed by atoms with Crippen LogP contribution in [0.15, 0.2) is 109 Å². The Hall–Kier alpha value is -5.31. The Labute approximate surface area is 229 Å². The van der Waals surface area contributed by atoms with Crippen molar-refractivity contribution in [2.75, 3.05) is 4.90 Å². The Kier molecular flexibility index (Phi) is 6.76. The SMILES string of the molecule is O=C(NCc1ccccc1)C(c1c[nH]c2ccccc12)N(C(=O)Cn1nnc2ccccc21)c1ccc(F)cc1. The maximum absolute atomic E-state index is 14.1. The third-order valence-corrected chi connectivity index (χ3v) is 6.81. The highest BCUT2D eigenvalue weighted by Crippen LogP contribution is 2.33. The van der Waals surface area contributed by atoms with Gasteiger partial charge < -0.3 is 10.3 Å². The zero-order valence-electron chi connectivity index (χ0n) is 21.4. The zero-order valence-corrected chi connectivity index (χ0v) is 21.4. The number of aromatic amines is 1. The van der Waals surface area contributed by atoms with Crippen molar-refractivity contribution in [3.63, 3.8) is 0 Å². The van der Waals surface area contributed by atoms with Gasteiger partial charge in [-0.3, -0.25) is 14.5 Å². The molecule has 2 aromatic heterocycles. The third-order valence-electron chi connectivity index (χ3n) is 6.81. The Balaban J connectivity index is 1.44. The van der Waals surface area contributed by atoms with Crippen molar-refractivity contribution in [1.82, 2.24) is 25.3 Å². The van der Waals surface area contributed by atoms with Crippen LogP contribution in [0.4, 0.5) is 10.1 Å². The third kappa shape index (κ3) is 4.92. The Morgan fingerprint density at radius 1 is 0.900 bits per heavy atom. The largest absolute Gasteiger partial charge is 0.361 e. The van der Waals surface area contributed by atoms with Gasteiger partial charge in [-0.2, -0.15) is 0 Å². The van der Waals surface area contributed by atoms with E-state index in [2.05, 4.69) is 20.6 Å². The van der Waals surface area contributed by atoms with E-state index in [0.29, 0.717) is 22.3 Å². The van der Waals surface area contributed by atoms with Crippen molar-refractivity contribution in [2.24, 2.45) is 0 Å². The van der Waals surface area contributed by atoms with Crippen molar-refractivity contribution in [3.05, 3.63) is 126 Å².